The normalized spacial score (nSPS) is 11.5. The number of benzene rings is 1. The molecule has 0 spiro atoms. The van der Waals surface area contributed by atoms with E-state index in [2.05, 4.69) is 53.6 Å². The SMILES string of the molecule is CCCCCCCCCCn1[c-][n+](CCCCCCCCCC)c2ccccc21. The fourth-order valence-electron chi connectivity index (χ4n) is 4.32. The molecule has 0 bridgehead atoms. The fourth-order valence-corrected chi connectivity index (χ4v) is 4.32. The fraction of sp³-hybridized carbons (Fsp3) is 0.741. The molecule has 0 aliphatic rings. The van der Waals surface area contributed by atoms with Crippen molar-refractivity contribution in [3.05, 3.63) is 30.6 Å². The number of imidazole rings is 1. The number of hydrogen-bond donors (Lipinski definition) is 0. The summed E-state index contributed by atoms with van der Waals surface area (Å²) < 4.78 is 4.74. The summed E-state index contributed by atoms with van der Waals surface area (Å²) in [6, 6.07) is 8.86. The number of unbranched alkanes of at least 4 members (excludes halogenated alkanes) is 14. The van der Waals surface area contributed by atoms with E-state index in [1.54, 1.807) is 0 Å². The zero-order valence-corrected chi connectivity index (χ0v) is 19.4. The lowest BCUT2D eigenvalue weighted by Gasteiger charge is -2.04. The van der Waals surface area contributed by atoms with Gasteiger partial charge >= 0.3 is 0 Å². The van der Waals surface area contributed by atoms with Gasteiger partial charge in [-0.25, -0.2) is 0 Å². The third-order valence-corrected chi connectivity index (χ3v) is 6.18. The lowest BCUT2D eigenvalue weighted by Crippen LogP contribution is -2.32. The second kappa shape index (κ2) is 15.5. The van der Waals surface area contributed by atoms with Crippen LogP contribution in [0.25, 0.3) is 11.0 Å². The van der Waals surface area contributed by atoms with Crippen LogP contribution < -0.4 is 4.57 Å². The van der Waals surface area contributed by atoms with Crippen LogP contribution in [-0.4, -0.2) is 4.57 Å². The molecule has 0 aliphatic heterocycles. The largest absolute Gasteiger partial charge is 0.344 e. The van der Waals surface area contributed by atoms with Crippen LogP contribution in [0, 0.1) is 6.33 Å². The molecule has 2 rings (SSSR count). The van der Waals surface area contributed by atoms with Crippen molar-refractivity contribution in [2.75, 3.05) is 0 Å². The Hall–Kier alpha value is -1.31. The Kier molecular flexibility index (Phi) is 12.8. The molecule has 0 N–H and O–H groups in total. The third kappa shape index (κ3) is 9.36. The van der Waals surface area contributed by atoms with Crippen LogP contribution in [0.15, 0.2) is 24.3 Å². The maximum atomic E-state index is 3.66. The Balaban J connectivity index is 1.70. The molecule has 164 valence electrons. The molecule has 0 amide bonds. The Labute approximate surface area is 180 Å². The van der Waals surface area contributed by atoms with Gasteiger partial charge in [0.2, 0.25) is 6.33 Å². The highest BCUT2D eigenvalue weighted by atomic mass is 15.1. The summed E-state index contributed by atoms with van der Waals surface area (Å²) in [5, 5.41) is 0. The summed E-state index contributed by atoms with van der Waals surface area (Å²) in [6.45, 7) is 6.80. The zero-order chi connectivity index (χ0) is 20.6. The minimum absolute atomic E-state index is 1.11. The molecule has 1 aromatic heterocycles. The van der Waals surface area contributed by atoms with E-state index in [1.807, 2.05) is 0 Å². The van der Waals surface area contributed by atoms with Crippen LogP contribution in [0.2, 0.25) is 0 Å². The zero-order valence-electron chi connectivity index (χ0n) is 19.4. The molecular formula is C27H46N2. The molecule has 2 nitrogen and oxygen atoms in total. The van der Waals surface area contributed by atoms with Crippen molar-refractivity contribution >= 4 is 11.0 Å². The van der Waals surface area contributed by atoms with Gasteiger partial charge in [0.15, 0.2) is 0 Å². The van der Waals surface area contributed by atoms with Gasteiger partial charge in [-0.1, -0.05) is 115 Å². The second-order valence-electron chi connectivity index (χ2n) is 8.84. The molecule has 0 unspecified atom stereocenters. The highest BCUT2D eigenvalue weighted by Crippen LogP contribution is 2.14. The van der Waals surface area contributed by atoms with Gasteiger partial charge in [0.1, 0.15) is 0 Å². The van der Waals surface area contributed by atoms with Crippen molar-refractivity contribution in [2.45, 2.75) is 130 Å². The molecular weight excluding hydrogens is 352 g/mol. The lowest BCUT2D eigenvalue weighted by molar-refractivity contribution is -0.676. The van der Waals surface area contributed by atoms with Crippen molar-refractivity contribution < 1.29 is 4.57 Å². The van der Waals surface area contributed by atoms with E-state index < -0.39 is 0 Å². The van der Waals surface area contributed by atoms with Crippen LogP contribution in [0.3, 0.4) is 0 Å². The molecule has 0 aliphatic carbocycles. The molecule has 1 heterocycles. The lowest BCUT2D eigenvalue weighted by atomic mass is 10.1. The first kappa shape index (κ1) is 24.0. The molecule has 0 fully saturated rings. The number of fused-ring (bicyclic) bond motifs is 1. The smallest absolute Gasteiger partial charge is 0.204 e. The number of para-hydroxylation sites is 2. The van der Waals surface area contributed by atoms with Gasteiger partial charge in [-0.05, 0) is 25.7 Å². The van der Waals surface area contributed by atoms with Crippen LogP contribution in [0.5, 0.6) is 0 Å². The number of nitrogens with zero attached hydrogens (tertiary/aromatic N) is 2. The highest BCUT2D eigenvalue weighted by Gasteiger charge is 2.06. The number of aryl methyl sites for hydroxylation is 2. The Bertz CT molecular complexity index is 589. The van der Waals surface area contributed by atoms with E-state index in [0.717, 1.165) is 13.1 Å². The van der Waals surface area contributed by atoms with Crippen molar-refractivity contribution in [1.29, 1.82) is 0 Å². The molecule has 0 radical (unpaired) electrons. The van der Waals surface area contributed by atoms with Gasteiger partial charge in [-0.15, -0.1) is 0 Å². The van der Waals surface area contributed by atoms with Gasteiger partial charge in [0.05, 0.1) is 13.1 Å². The van der Waals surface area contributed by atoms with E-state index >= 15 is 0 Å². The first-order valence-electron chi connectivity index (χ1n) is 12.8. The standard InChI is InChI=1S/C27H46N2/c1-3-5-7-9-11-13-15-19-23-28-25-29(27-22-18-17-21-26(27)28)24-20-16-14-12-10-8-6-4-2/h17-18,21-22H,3-16,19-20,23-24H2,1-2H3. The summed E-state index contributed by atoms with van der Waals surface area (Å²) in [6.07, 6.45) is 25.7. The quantitative estimate of drug-likeness (QED) is 0.137. The van der Waals surface area contributed by atoms with Gasteiger partial charge in [0.25, 0.3) is 0 Å². The monoisotopic (exact) mass is 398 g/mol. The van der Waals surface area contributed by atoms with Crippen LogP contribution in [0.1, 0.15) is 117 Å². The molecule has 2 aromatic rings. The summed E-state index contributed by atoms with van der Waals surface area (Å²) in [4.78, 5) is 0. The van der Waals surface area contributed by atoms with Crippen molar-refractivity contribution in [1.82, 2.24) is 4.57 Å². The van der Waals surface area contributed by atoms with Gasteiger partial charge in [-0.2, -0.15) is 0 Å². The predicted octanol–water partition coefficient (Wildman–Crippen LogP) is 8.01. The number of aromatic nitrogens is 2. The number of rotatable bonds is 18. The summed E-state index contributed by atoms with van der Waals surface area (Å²) in [5.41, 5.74) is 2.71. The Morgan fingerprint density at radius 3 is 1.79 bits per heavy atom. The van der Waals surface area contributed by atoms with E-state index in [1.165, 1.54) is 114 Å². The molecule has 0 atom stereocenters. The van der Waals surface area contributed by atoms with Crippen molar-refractivity contribution in [3.63, 3.8) is 0 Å². The summed E-state index contributed by atoms with van der Waals surface area (Å²) >= 11 is 0. The van der Waals surface area contributed by atoms with Crippen LogP contribution in [-0.2, 0) is 13.1 Å². The van der Waals surface area contributed by atoms with E-state index in [4.69, 9.17) is 0 Å². The van der Waals surface area contributed by atoms with Gasteiger partial charge < -0.3 is 9.13 Å². The maximum Gasteiger partial charge on any atom is 0.204 e. The summed E-state index contributed by atoms with van der Waals surface area (Å²) in [7, 11) is 0. The maximum absolute atomic E-state index is 3.66. The Morgan fingerprint density at radius 1 is 0.655 bits per heavy atom. The minimum Gasteiger partial charge on any atom is -0.344 e. The van der Waals surface area contributed by atoms with Gasteiger partial charge in [-0.3, -0.25) is 0 Å². The number of hydrogen-bond acceptors (Lipinski definition) is 0. The first-order valence-corrected chi connectivity index (χ1v) is 12.8. The minimum atomic E-state index is 1.11. The first-order chi connectivity index (χ1) is 14.4. The molecule has 0 saturated heterocycles. The molecule has 1 aromatic carbocycles. The van der Waals surface area contributed by atoms with Crippen LogP contribution >= 0.6 is 0 Å². The van der Waals surface area contributed by atoms with Crippen molar-refractivity contribution in [3.8, 4) is 0 Å². The molecule has 0 saturated carbocycles. The van der Waals surface area contributed by atoms with Gasteiger partial charge in [0, 0.05) is 11.0 Å². The highest BCUT2D eigenvalue weighted by molar-refractivity contribution is 5.71. The van der Waals surface area contributed by atoms with E-state index in [0.29, 0.717) is 0 Å². The topological polar surface area (TPSA) is 8.81 Å². The van der Waals surface area contributed by atoms with Crippen LogP contribution in [0.4, 0.5) is 0 Å². The van der Waals surface area contributed by atoms with E-state index in [-0.39, 0.29) is 0 Å². The molecule has 29 heavy (non-hydrogen) atoms. The average Bonchev–Trinajstić information content (AvgIpc) is 3.10. The summed E-state index contributed by atoms with van der Waals surface area (Å²) in [5.74, 6) is 0. The Morgan fingerprint density at radius 2 is 1.17 bits per heavy atom. The third-order valence-electron chi connectivity index (χ3n) is 6.18. The predicted molar refractivity (Wildman–Crippen MR) is 126 cm³/mol. The van der Waals surface area contributed by atoms with Crippen molar-refractivity contribution in [2.24, 2.45) is 0 Å². The average molecular weight is 399 g/mol. The molecule has 2 heteroatoms. The second-order valence-corrected chi connectivity index (χ2v) is 8.84. The van der Waals surface area contributed by atoms with E-state index in [9.17, 15) is 0 Å².